The van der Waals surface area contributed by atoms with Gasteiger partial charge in [-0.2, -0.15) is 0 Å². The van der Waals surface area contributed by atoms with Crippen molar-refractivity contribution in [2.75, 3.05) is 0 Å². The zero-order valence-corrected chi connectivity index (χ0v) is 10.8. The number of carbonyl (C=O) groups excluding carboxylic acids is 1. The molecule has 0 heterocycles. The number of carbonyl (C=O) groups is 1. The molecule has 0 radical (unpaired) electrons. The van der Waals surface area contributed by atoms with Gasteiger partial charge in [-0.1, -0.05) is 12.1 Å². The SMILES string of the molecule is Cc1ccc(C(=O)C(C)OC2CCC2)cc1C. The van der Waals surface area contributed by atoms with E-state index in [1.54, 1.807) is 0 Å². The monoisotopic (exact) mass is 232 g/mol. The molecule has 0 bridgehead atoms. The highest BCUT2D eigenvalue weighted by Crippen LogP contribution is 2.24. The van der Waals surface area contributed by atoms with Crippen LogP contribution in [0.1, 0.15) is 47.7 Å². The Kier molecular flexibility index (Phi) is 3.63. The van der Waals surface area contributed by atoms with Crippen LogP contribution < -0.4 is 0 Å². The molecule has 1 atom stereocenters. The lowest BCUT2D eigenvalue weighted by Crippen LogP contribution is -2.31. The lowest BCUT2D eigenvalue weighted by atomic mass is 9.95. The van der Waals surface area contributed by atoms with Crippen molar-refractivity contribution in [1.82, 2.24) is 0 Å². The molecule has 1 saturated carbocycles. The molecule has 2 heteroatoms. The van der Waals surface area contributed by atoms with Gasteiger partial charge >= 0.3 is 0 Å². The normalized spacial score (nSPS) is 17.6. The topological polar surface area (TPSA) is 26.3 Å². The summed E-state index contributed by atoms with van der Waals surface area (Å²) in [6.45, 7) is 5.94. The minimum Gasteiger partial charge on any atom is -0.367 e. The second-order valence-electron chi connectivity index (χ2n) is 4.99. The lowest BCUT2D eigenvalue weighted by Gasteiger charge is -2.28. The maximum Gasteiger partial charge on any atom is 0.191 e. The summed E-state index contributed by atoms with van der Waals surface area (Å²) in [5.41, 5.74) is 3.14. The zero-order valence-electron chi connectivity index (χ0n) is 10.8. The number of rotatable bonds is 4. The first-order valence-corrected chi connectivity index (χ1v) is 6.35. The molecule has 1 aromatic carbocycles. The van der Waals surface area contributed by atoms with Crippen LogP contribution in [0.25, 0.3) is 0 Å². The number of benzene rings is 1. The van der Waals surface area contributed by atoms with Crippen molar-refractivity contribution in [3.63, 3.8) is 0 Å². The molecule has 0 aliphatic heterocycles. The van der Waals surface area contributed by atoms with Gasteiger partial charge in [0.25, 0.3) is 0 Å². The standard InChI is InChI=1S/C15H20O2/c1-10-7-8-13(9-11(10)2)15(16)12(3)17-14-5-4-6-14/h7-9,12,14H,4-6H2,1-3H3. The number of aryl methyl sites for hydroxylation is 2. The van der Waals surface area contributed by atoms with E-state index in [9.17, 15) is 4.79 Å². The first-order chi connectivity index (χ1) is 8.08. The third-order valence-corrected chi connectivity index (χ3v) is 3.61. The number of ketones is 1. The molecule has 92 valence electrons. The van der Waals surface area contributed by atoms with Crippen LogP contribution >= 0.6 is 0 Å². The van der Waals surface area contributed by atoms with Crippen LogP contribution in [0.15, 0.2) is 18.2 Å². The highest BCUT2D eigenvalue weighted by molar-refractivity contribution is 5.99. The minimum atomic E-state index is -0.317. The van der Waals surface area contributed by atoms with E-state index in [0.717, 1.165) is 24.0 Å². The van der Waals surface area contributed by atoms with Crippen molar-refractivity contribution >= 4 is 5.78 Å². The maximum absolute atomic E-state index is 12.2. The lowest BCUT2D eigenvalue weighted by molar-refractivity contribution is -0.0313. The Morgan fingerprint density at radius 3 is 2.53 bits per heavy atom. The molecule has 1 aromatic rings. The summed E-state index contributed by atoms with van der Waals surface area (Å²) in [6, 6.07) is 5.85. The van der Waals surface area contributed by atoms with Crippen LogP contribution in [-0.2, 0) is 4.74 Å². The second-order valence-corrected chi connectivity index (χ2v) is 4.99. The predicted molar refractivity (Wildman–Crippen MR) is 68.4 cm³/mol. The second kappa shape index (κ2) is 5.01. The summed E-state index contributed by atoms with van der Waals surface area (Å²) in [5, 5.41) is 0. The Morgan fingerprint density at radius 1 is 1.29 bits per heavy atom. The smallest absolute Gasteiger partial charge is 0.191 e. The fourth-order valence-electron chi connectivity index (χ4n) is 1.99. The average molecular weight is 232 g/mol. The summed E-state index contributed by atoms with van der Waals surface area (Å²) >= 11 is 0. The fourth-order valence-corrected chi connectivity index (χ4v) is 1.99. The van der Waals surface area contributed by atoms with E-state index in [1.807, 2.05) is 32.0 Å². The van der Waals surface area contributed by atoms with Crippen molar-refractivity contribution in [3.8, 4) is 0 Å². The van der Waals surface area contributed by atoms with Crippen LogP contribution in [0.5, 0.6) is 0 Å². The van der Waals surface area contributed by atoms with Crippen molar-refractivity contribution in [2.45, 2.75) is 52.2 Å². The van der Waals surface area contributed by atoms with Gasteiger partial charge in [-0.15, -0.1) is 0 Å². The van der Waals surface area contributed by atoms with E-state index >= 15 is 0 Å². The number of ether oxygens (including phenoxy) is 1. The molecule has 0 aromatic heterocycles. The minimum absolute atomic E-state index is 0.0972. The van der Waals surface area contributed by atoms with Crippen LogP contribution in [0.4, 0.5) is 0 Å². The number of hydrogen-bond donors (Lipinski definition) is 0. The predicted octanol–water partition coefficient (Wildman–Crippen LogP) is 3.44. The molecule has 0 saturated heterocycles. The Balaban J connectivity index is 2.04. The summed E-state index contributed by atoms with van der Waals surface area (Å²) in [7, 11) is 0. The molecule has 0 spiro atoms. The van der Waals surface area contributed by atoms with E-state index < -0.39 is 0 Å². The summed E-state index contributed by atoms with van der Waals surface area (Å²) in [4.78, 5) is 12.2. The van der Waals surface area contributed by atoms with E-state index in [2.05, 4.69) is 6.92 Å². The van der Waals surface area contributed by atoms with Gasteiger partial charge in [0.15, 0.2) is 5.78 Å². The first kappa shape index (κ1) is 12.3. The number of Topliss-reactive ketones (excluding diaryl/α,β-unsaturated/α-hetero) is 1. The summed E-state index contributed by atoms with van der Waals surface area (Å²) in [5.74, 6) is 0.0972. The Bertz CT molecular complexity index is 419. The third-order valence-electron chi connectivity index (χ3n) is 3.61. The van der Waals surface area contributed by atoms with Gasteiger partial charge in [0, 0.05) is 5.56 Å². The van der Waals surface area contributed by atoms with Crippen LogP contribution in [0, 0.1) is 13.8 Å². The summed E-state index contributed by atoms with van der Waals surface area (Å²) < 4.78 is 5.72. The Labute approximate surface area is 103 Å². The van der Waals surface area contributed by atoms with Gasteiger partial charge in [-0.05, 0) is 57.2 Å². The highest BCUT2D eigenvalue weighted by atomic mass is 16.5. The Hall–Kier alpha value is -1.15. The van der Waals surface area contributed by atoms with Gasteiger partial charge < -0.3 is 4.74 Å². The largest absolute Gasteiger partial charge is 0.367 e. The zero-order chi connectivity index (χ0) is 12.4. The molecule has 2 nitrogen and oxygen atoms in total. The van der Waals surface area contributed by atoms with E-state index in [0.29, 0.717) is 6.10 Å². The fraction of sp³-hybridized carbons (Fsp3) is 0.533. The van der Waals surface area contributed by atoms with Crippen molar-refractivity contribution in [1.29, 1.82) is 0 Å². The maximum atomic E-state index is 12.2. The van der Waals surface area contributed by atoms with Gasteiger partial charge in [-0.25, -0.2) is 0 Å². The molecule has 1 aliphatic carbocycles. The van der Waals surface area contributed by atoms with Gasteiger partial charge in [-0.3, -0.25) is 4.79 Å². The molecular weight excluding hydrogens is 212 g/mol. The van der Waals surface area contributed by atoms with Crippen LogP contribution in [-0.4, -0.2) is 18.0 Å². The average Bonchev–Trinajstić information content (AvgIpc) is 2.26. The Morgan fingerprint density at radius 2 is 2.00 bits per heavy atom. The van der Waals surface area contributed by atoms with Crippen molar-refractivity contribution in [3.05, 3.63) is 34.9 Å². The van der Waals surface area contributed by atoms with Crippen LogP contribution in [0.3, 0.4) is 0 Å². The molecule has 0 N–H and O–H groups in total. The van der Waals surface area contributed by atoms with E-state index in [-0.39, 0.29) is 11.9 Å². The number of hydrogen-bond acceptors (Lipinski definition) is 2. The molecular formula is C15H20O2. The molecule has 1 unspecified atom stereocenters. The first-order valence-electron chi connectivity index (χ1n) is 6.35. The van der Waals surface area contributed by atoms with Gasteiger partial charge in [0.05, 0.1) is 6.10 Å². The van der Waals surface area contributed by atoms with Crippen molar-refractivity contribution < 1.29 is 9.53 Å². The third kappa shape index (κ3) is 2.75. The molecule has 17 heavy (non-hydrogen) atoms. The highest BCUT2D eigenvalue weighted by Gasteiger charge is 2.24. The molecule has 2 rings (SSSR count). The van der Waals surface area contributed by atoms with E-state index in [4.69, 9.17) is 4.74 Å². The van der Waals surface area contributed by atoms with E-state index in [1.165, 1.54) is 12.0 Å². The van der Waals surface area contributed by atoms with Crippen LogP contribution in [0.2, 0.25) is 0 Å². The van der Waals surface area contributed by atoms with Crippen molar-refractivity contribution in [2.24, 2.45) is 0 Å². The van der Waals surface area contributed by atoms with Gasteiger partial charge in [0.1, 0.15) is 6.10 Å². The molecule has 0 amide bonds. The molecule has 1 fully saturated rings. The quantitative estimate of drug-likeness (QED) is 0.743. The summed E-state index contributed by atoms with van der Waals surface area (Å²) in [6.07, 6.45) is 3.42. The van der Waals surface area contributed by atoms with Gasteiger partial charge in [0.2, 0.25) is 0 Å². The molecule has 1 aliphatic rings.